The van der Waals surface area contributed by atoms with Crippen LogP contribution in [-0.2, 0) is 6.42 Å². The van der Waals surface area contributed by atoms with Crippen LogP contribution in [0.15, 0.2) is 54.6 Å². The molecule has 1 aliphatic heterocycles. The monoisotopic (exact) mass is 237 g/mol. The van der Waals surface area contributed by atoms with Crippen LogP contribution < -0.4 is 5.32 Å². The molecule has 0 aromatic heterocycles. The Morgan fingerprint density at radius 1 is 1.00 bits per heavy atom. The second-order valence-electron chi connectivity index (χ2n) is 5.02. The molecule has 1 heteroatoms. The third-order valence-electron chi connectivity index (χ3n) is 3.86. The lowest BCUT2D eigenvalue weighted by Gasteiger charge is -2.33. The SMILES string of the molecule is CC[C@@H]1Cc2ccccc2[C@@H](c2ccccc2)N1. The first kappa shape index (κ1) is 11.5. The number of hydrogen-bond donors (Lipinski definition) is 1. The van der Waals surface area contributed by atoms with Gasteiger partial charge in [-0.3, -0.25) is 0 Å². The summed E-state index contributed by atoms with van der Waals surface area (Å²) in [5.74, 6) is 0. The van der Waals surface area contributed by atoms with Gasteiger partial charge in [-0.05, 0) is 29.5 Å². The third-order valence-corrected chi connectivity index (χ3v) is 3.86. The van der Waals surface area contributed by atoms with Crippen LogP contribution in [0.1, 0.15) is 36.1 Å². The van der Waals surface area contributed by atoms with Gasteiger partial charge in [-0.15, -0.1) is 0 Å². The molecule has 0 aliphatic carbocycles. The quantitative estimate of drug-likeness (QED) is 0.839. The molecule has 1 nitrogen and oxygen atoms in total. The summed E-state index contributed by atoms with van der Waals surface area (Å²) < 4.78 is 0. The number of fused-ring (bicyclic) bond motifs is 1. The highest BCUT2D eigenvalue weighted by molar-refractivity contribution is 5.40. The molecule has 3 rings (SSSR count). The van der Waals surface area contributed by atoms with E-state index in [-0.39, 0.29) is 0 Å². The molecule has 1 N–H and O–H groups in total. The Labute approximate surface area is 109 Å². The zero-order valence-electron chi connectivity index (χ0n) is 10.8. The molecule has 1 heterocycles. The van der Waals surface area contributed by atoms with Crippen molar-refractivity contribution >= 4 is 0 Å². The molecule has 0 unspecified atom stereocenters. The molecule has 2 aromatic carbocycles. The van der Waals surface area contributed by atoms with Crippen molar-refractivity contribution in [3.63, 3.8) is 0 Å². The predicted molar refractivity (Wildman–Crippen MR) is 75.6 cm³/mol. The molecule has 0 amide bonds. The van der Waals surface area contributed by atoms with Gasteiger partial charge in [0.1, 0.15) is 0 Å². The van der Waals surface area contributed by atoms with E-state index < -0.39 is 0 Å². The Morgan fingerprint density at radius 2 is 1.72 bits per heavy atom. The second-order valence-corrected chi connectivity index (χ2v) is 5.02. The minimum absolute atomic E-state index is 0.348. The molecule has 1 aliphatic rings. The van der Waals surface area contributed by atoms with Crippen LogP contribution in [0, 0.1) is 0 Å². The van der Waals surface area contributed by atoms with Crippen molar-refractivity contribution < 1.29 is 0 Å². The Hall–Kier alpha value is -1.60. The van der Waals surface area contributed by atoms with Crippen LogP contribution in [-0.4, -0.2) is 6.04 Å². The fourth-order valence-corrected chi connectivity index (χ4v) is 2.84. The van der Waals surface area contributed by atoms with E-state index in [0.717, 1.165) is 6.42 Å². The average Bonchev–Trinajstić information content (AvgIpc) is 2.47. The fraction of sp³-hybridized carbons (Fsp3) is 0.294. The molecular weight excluding hydrogens is 218 g/mol. The van der Waals surface area contributed by atoms with Gasteiger partial charge < -0.3 is 5.32 Å². The van der Waals surface area contributed by atoms with E-state index in [1.54, 1.807) is 0 Å². The lowest BCUT2D eigenvalue weighted by Crippen LogP contribution is -2.39. The molecular formula is C17H19N. The Balaban J connectivity index is 2.04. The minimum atomic E-state index is 0.348. The summed E-state index contributed by atoms with van der Waals surface area (Å²) in [6.07, 6.45) is 2.33. The first-order chi connectivity index (χ1) is 8.88. The van der Waals surface area contributed by atoms with Crippen molar-refractivity contribution in [1.82, 2.24) is 5.32 Å². The van der Waals surface area contributed by atoms with Crippen LogP contribution in [0.2, 0.25) is 0 Å². The number of benzene rings is 2. The Morgan fingerprint density at radius 3 is 2.50 bits per heavy atom. The van der Waals surface area contributed by atoms with Gasteiger partial charge in [0.15, 0.2) is 0 Å². The molecule has 0 radical (unpaired) electrons. The number of nitrogens with one attached hydrogen (secondary N) is 1. The van der Waals surface area contributed by atoms with E-state index in [0.29, 0.717) is 12.1 Å². The average molecular weight is 237 g/mol. The van der Waals surface area contributed by atoms with Crippen molar-refractivity contribution in [2.24, 2.45) is 0 Å². The van der Waals surface area contributed by atoms with Crippen molar-refractivity contribution in [3.05, 3.63) is 71.3 Å². The summed E-state index contributed by atoms with van der Waals surface area (Å²) in [6, 6.07) is 20.5. The number of hydrogen-bond acceptors (Lipinski definition) is 1. The maximum absolute atomic E-state index is 3.78. The maximum atomic E-state index is 3.78. The predicted octanol–water partition coefficient (Wildman–Crippen LogP) is 3.70. The third kappa shape index (κ3) is 2.06. The Bertz CT molecular complexity index is 518. The highest BCUT2D eigenvalue weighted by atomic mass is 15.0. The molecule has 2 aromatic rings. The van der Waals surface area contributed by atoms with Gasteiger partial charge in [0.2, 0.25) is 0 Å². The van der Waals surface area contributed by atoms with Gasteiger partial charge >= 0.3 is 0 Å². The van der Waals surface area contributed by atoms with Crippen LogP contribution in [0.5, 0.6) is 0 Å². The molecule has 0 saturated carbocycles. The summed E-state index contributed by atoms with van der Waals surface area (Å²) in [6.45, 7) is 2.26. The first-order valence-electron chi connectivity index (χ1n) is 6.77. The fourth-order valence-electron chi connectivity index (χ4n) is 2.84. The van der Waals surface area contributed by atoms with Gasteiger partial charge in [-0.2, -0.15) is 0 Å². The second kappa shape index (κ2) is 4.95. The summed E-state index contributed by atoms with van der Waals surface area (Å²) in [7, 11) is 0. The van der Waals surface area contributed by atoms with Gasteiger partial charge in [-0.25, -0.2) is 0 Å². The summed E-state index contributed by atoms with van der Waals surface area (Å²) >= 11 is 0. The van der Waals surface area contributed by atoms with E-state index in [1.165, 1.54) is 23.1 Å². The van der Waals surface area contributed by atoms with Crippen LogP contribution in [0.4, 0.5) is 0 Å². The van der Waals surface area contributed by atoms with Gasteiger partial charge in [-0.1, -0.05) is 61.5 Å². The van der Waals surface area contributed by atoms with E-state index >= 15 is 0 Å². The van der Waals surface area contributed by atoms with Gasteiger partial charge in [0.05, 0.1) is 6.04 Å². The standard InChI is InChI=1S/C17H19N/c1-2-15-12-14-10-6-7-11-16(14)17(18-15)13-8-4-3-5-9-13/h3-11,15,17-18H,2,12H2,1H3/t15-,17-/m1/s1. The van der Waals surface area contributed by atoms with Gasteiger partial charge in [0.25, 0.3) is 0 Å². The molecule has 18 heavy (non-hydrogen) atoms. The largest absolute Gasteiger partial charge is 0.303 e. The smallest absolute Gasteiger partial charge is 0.0581 e. The highest BCUT2D eigenvalue weighted by Crippen LogP contribution is 2.30. The summed E-state index contributed by atoms with van der Waals surface area (Å²) in [5, 5.41) is 3.78. The Kier molecular flexibility index (Phi) is 3.16. The zero-order valence-corrected chi connectivity index (χ0v) is 10.8. The van der Waals surface area contributed by atoms with E-state index in [1.807, 2.05) is 0 Å². The molecule has 0 saturated heterocycles. The lowest BCUT2D eigenvalue weighted by molar-refractivity contribution is 0.427. The highest BCUT2D eigenvalue weighted by Gasteiger charge is 2.25. The normalized spacial score (nSPS) is 22.5. The van der Waals surface area contributed by atoms with Crippen molar-refractivity contribution in [3.8, 4) is 0 Å². The van der Waals surface area contributed by atoms with Gasteiger partial charge in [0, 0.05) is 6.04 Å². The molecule has 92 valence electrons. The van der Waals surface area contributed by atoms with Crippen LogP contribution in [0.3, 0.4) is 0 Å². The topological polar surface area (TPSA) is 12.0 Å². The zero-order chi connectivity index (χ0) is 12.4. The van der Waals surface area contributed by atoms with E-state index in [4.69, 9.17) is 0 Å². The van der Waals surface area contributed by atoms with Crippen LogP contribution >= 0.6 is 0 Å². The summed E-state index contributed by atoms with van der Waals surface area (Å²) in [4.78, 5) is 0. The molecule has 0 bridgehead atoms. The van der Waals surface area contributed by atoms with Crippen molar-refractivity contribution in [1.29, 1.82) is 0 Å². The van der Waals surface area contributed by atoms with Crippen molar-refractivity contribution in [2.45, 2.75) is 31.8 Å². The van der Waals surface area contributed by atoms with Crippen molar-refractivity contribution in [2.75, 3.05) is 0 Å². The number of rotatable bonds is 2. The van der Waals surface area contributed by atoms with E-state index in [2.05, 4.69) is 66.8 Å². The van der Waals surface area contributed by atoms with Crippen LogP contribution in [0.25, 0.3) is 0 Å². The van der Waals surface area contributed by atoms with E-state index in [9.17, 15) is 0 Å². The minimum Gasteiger partial charge on any atom is -0.303 e. The maximum Gasteiger partial charge on any atom is 0.0581 e. The molecule has 0 spiro atoms. The molecule has 0 fully saturated rings. The molecule has 2 atom stereocenters. The first-order valence-corrected chi connectivity index (χ1v) is 6.77. The lowest BCUT2D eigenvalue weighted by atomic mass is 9.86. The summed E-state index contributed by atoms with van der Waals surface area (Å²) in [5.41, 5.74) is 4.30.